The molecule has 0 spiro atoms. The molecular weight excluding hydrogens is 336 g/mol. The summed E-state index contributed by atoms with van der Waals surface area (Å²) in [4.78, 5) is 0. The van der Waals surface area contributed by atoms with Crippen LogP contribution in [0.25, 0.3) is 0 Å². The third kappa shape index (κ3) is 4.01. The van der Waals surface area contributed by atoms with Gasteiger partial charge in [-0.15, -0.1) is 0 Å². The van der Waals surface area contributed by atoms with Gasteiger partial charge in [-0.25, -0.2) is 0 Å². The smallest absolute Gasteiger partial charge is 0.187 e. The summed E-state index contributed by atoms with van der Waals surface area (Å²) in [5, 5.41) is 76.5. The second-order valence-electron chi connectivity index (χ2n) is 5.53. The molecule has 0 bridgehead atoms. The van der Waals surface area contributed by atoms with E-state index in [0.29, 0.717) is 0 Å². The van der Waals surface area contributed by atoms with Crippen molar-refractivity contribution in [2.45, 2.75) is 61.4 Å². The minimum absolute atomic E-state index is 0. The number of hydrogen-bond donors (Lipinski definition) is 8. The first kappa shape index (κ1) is 21.6. The van der Waals surface area contributed by atoms with Crippen molar-refractivity contribution in [2.75, 3.05) is 13.2 Å². The van der Waals surface area contributed by atoms with Crippen LogP contribution in [0.15, 0.2) is 0 Å². The van der Waals surface area contributed by atoms with Gasteiger partial charge in [0.1, 0.15) is 48.8 Å². The second-order valence-corrected chi connectivity index (χ2v) is 5.53. The average Bonchev–Trinajstić information content (AvgIpc) is 2.55. The van der Waals surface area contributed by atoms with Gasteiger partial charge in [-0.1, -0.05) is 0 Å². The molecule has 0 aliphatic carbocycles. The van der Waals surface area contributed by atoms with E-state index >= 15 is 0 Å². The van der Waals surface area contributed by atoms with Gasteiger partial charge in [-0.2, -0.15) is 0 Å². The average molecular weight is 360 g/mol. The van der Waals surface area contributed by atoms with E-state index < -0.39 is 74.6 Å². The van der Waals surface area contributed by atoms with E-state index in [1.807, 2.05) is 0 Å². The molecule has 0 aromatic heterocycles. The molecule has 0 radical (unpaired) electrons. The van der Waals surface area contributed by atoms with E-state index in [4.69, 9.17) is 19.3 Å². The minimum Gasteiger partial charge on any atom is -0.412 e. The lowest BCUT2D eigenvalue weighted by atomic mass is 9.97. The first-order valence-corrected chi connectivity index (χ1v) is 7.08. The van der Waals surface area contributed by atoms with E-state index in [2.05, 4.69) is 0 Å². The van der Waals surface area contributed by atoms with E-state index in [9.17, 15) is 35.7 Å². The molecule has 2 aliphatic heterocycles. The lowest BCUT2D eigenvalue weighted by Gasteiger charge is -2.45. The minimum atomic E-state index is -1.74. The highest BCUT2D eigenvalue weighted by Crippen LogP contribution is 2.28. The molecule has 0 saturated carbocycles. The quantitative estimate of drug-likeness (QED) is 0.235. The molecule has 2 fully saturated rings. The van der Waals surface area contributed by atoms with E-state index in [-0.39, 0.29) is 5.48 Å². The van der Waals surface area contributed by atoms with Gasteiger partial charge in [0.2, 0.25) is 0 Å². The van der Waals surface area contributed by atoms with Crippen LogP contribution in [0.5, 0.6) is 0 Å². The molecule has 12 nitrogen and oxygen atoms in total. The summed E-state index contributed by atoms with van der Waals surface area (Å²) in [5.74, 6) is 0. The van der Waals surface area contributed by atoms with Gasteiger partial charge in [-0.3, -0.25) is 0 Å². The first-order chi connectivity index (χ1) is 10.8. The largest absolute Gasteiger partial charge is 0.412 e. The predicted molar refractivity (Wildman–Crippen MR) is 72.2 cm³/mol. The van der Waals surface area contributed by atoms with Crippen molar-refractivity contribution in [1.29, 1.82) is 0 Å². The zero-order valence-electron chi connectivity index (χ0n) is 12.5. The fourth-order valence-electron chi connectivity index (χ4n) is 2.57. The van der Waals surface area contributed by atoms with Crippen molar-refractivity contribution in [3.8, 4) is 0 Å². The third-order valence-electron chi connectivity index (χ3n) is 3.98. The number of ether oxygens (including phenoxy) is 3. The van der Waals surface area contributed by atoms with Crippen LogP contribution in [-0.2, 0) is 14.2 Å². The van der Waals surface area contributed by atoms with E-state index in [1.54, 1.807) is 0 Å². The molecule has 12 heteroatoms. The molecule has 2 saturated heterocycles. The van der Waals surface area contributed by atoms with Crippen LogP contribution < -0.4 is 0 Å². The summed E-state index contributed by atoms with van der Waals surface area (Å²) in [6.07, 6.45) is -15.6. The molecule has 10 N–H and O–H groups in total. The Hall–Kier alpha value is -0.480. The molecule has 0 aromatic carbocycles. The highest BCUT2D eigenvalue weighted by molar-refractivity contribution is 4.93. The summed E-state index contributed by atoms with van der Waals surface area (Å²) in [7, 11) is 0. The second kappa shape index (κ2) is 8.75. The Labute approximate surface area is 136 Å². The maximum atomic E-state index is 9.94. The summed E-state index contributed by atoms with van der Waals surface area (Å²) >= 11 is 0. The van der Waals surface area contributed by atoms with Gasteiger partial charge < -0.3 is 60.5 Å². The first-order valence-electron chi connectivity index (χ1n) is 7.08. The number of rotatable bonds is 4. The zero-order chi connectivity index (χ0) is 17.3. The molecule has 0 amide bonds. The van der Waals surface area contributed by atoms with Gasteiger partial charge in [0.05, 0.1) is 13.2 Å². The van der Waals surface area contributed by atoms with Crippen molar-refractivity contribution < 1.29 is 60.5 Å². The summed E-state index contributed by atoms with van der Waals surface area (Å²) in [6, 6.07) is 0. The topological polar surface area (TPSA) is 221 Å². The van der Waals surface area contributed by atoms with Crippen LogP contribution in [0.2, 0.25) is 0 Å². The van der Waals surface area contributed by atoms with Gasteiger partial charge in [0.25, 0.3) is 0 Å². The molecule has 2 aliphatic rings. The van der Waals surface area contributed by atoms with E-state index in [1.165, 1.54) is 0 Å². The Morgan fingerprint density at radius 1 is 0.667 bits per heavy atom. The zero-order valence-corrected chi connectivity index (χ0v) is 12.5. The molecule has 144 valence electrons. The molecule has 2 rings (SSSR count). The molecule has 0 unspecified atom stereocenters. The van der Waals surface area contributed by atoms with Gasteiger partial charge in [0.15, 0.2) is 12.6 Å². The summed E-state index contributed by atoms with van der Waals surface area (Å²) in [5.41, 5.74) is 0. The fourth-order valence-corrected chi connectivity index (χ4v) is 2.57. The van der Waals surface area contributed by atoms with Crippen LogP contribution in [0.4, 0.5) is 0 Å². The molecule has 10 atom stereocenters. The number of aliphatic hydroxyl groups is 8. The third-order valence-corrected chi connectivity index (χ3v) is 3.98. The van der Waals surface area contributed by atoms with E-state index in [0.717, 1.165) is 0 Å². The Morgan fingerprint density at radius 2 is 1.25 bits per heavy atom. The number of hydrogen-bond acceptors (Lipinski definition) is 11. The lowest BCUT2D eigenvalue weighted by Crippen LogP contribution is -2.64. The Bertz CT molecular complexity index is 379. The Kier molecular flexibility index (Phi) is 7.86. The standard InChI is InChI=1S/C12H22O11.H2O/c13-1-3-5(15)6(16)9(19)12(22-3)23-10-4(2-14)21-11(20)8(18)7(10)17;/h3-20H,1-2H2;1H2/t3-,4-,5+,6+,7-,8-,9-,10-,11+,12+;/m0./s1. The predicted octanol–water partition coefficient (Wildman–Crippen LogP) is -6.22. The molecule has 24 heavy (non-hydrogen) atoms. The highest BCUT2D eigenvalue weighted by Gasteiger charge is 2.50. The number of aliphatic hydroxyl groups excluding tert-OH is 8. The van der Waals surface area contributed by atoms with Crippen LogP contribution in [0.1, 0.15) is 0 Å². The highest BCUT2D eigenvalue weighted by atomic mass is 16.7. The van der Waals surface area contributed by atoms with Crippen LogP contribution in [0.3, 0.4) is 0 Å². The molecular formula is C12H24O12. The Morgan fingerprint density at radius 3 is 1.79 bits per heavy atom. The maximum absolute atomic E-state index is 9.94. The summed E-state index contributed by atoms with van der Waals surface area (Å²) < 4.78 is 15.3. The normalized spacial score (nSPS) is 49.5. The SMILES string of the molecule is O.OC[C@@H]1O[C@H](O[C@@H]2[C@@H](O)[C@H](O)[C@H](O)O[C@H]2CO)[C@@H](O)[C@H](O)[C@@H]1O. The molecule has 0 aromatic rings. The fraction of sp³-hybridized carbons (Fsp3) is 1.00. The maximum Gasteiger partial charge on any atom is 0.187 e. The van der Waals surface area contributed by atoms with Crippen LogP contribution >= 0.6 is 0 Å². The van der Waals surface area contributed by atoms with Crippen molar-refractivity contribution in [3.05, 3.63) is 0 Å². The van der Waals surface area contributed by atoms with Gasteiger partial charge in [0, 0.05) is 0 Å². The van der Waals surface area contributed by atoms with Gasteiger partial charge >= 0.3 is 0 Å². The summed E-state index contributed by atoms with van der Waals surface area (Å²) in [6.45, 7) is -1.35. The lowest BCUT2D eigenvalue weighted by molar-refractivity contribution is -0.355. The van der Waals surface area contributed by atoms with Crippen LogP contribution in [0, 0.1) is 0 Å². The van der Waals surface area contributed by atoms with Crippen molar-refractivity contribution in [3.63, 3.8) is 0 Å². The van der Waals surface area contributed by atoms with Crippen LogP contribution in [-0.4, -0.2) is 121 Å². The Balaban J connectivity index is 0.00000288. The van der Waals surface area contributed by atoms with Crippen molar-refractivity contribution in [1.82, 2.24) is 0 Å². The monoisotopic (exact) mass is 360 g/mol. The molecule has 2 heterocycles. The van der Waals surface area contributed by atoms with Crippen molar-refractivity contribution >= 4 is 0 Å². The van der Waals surface area contributed by atoms with Crippen molar-refractivity contribution in [2.24, 2.45) is 0 Å². The van der Waals surface area contributed by atoms with Gasteiger partial charge in [-0.05, 0) is 0 Å².